The standard InChI is InChI=1S/C22H20N6O2/c1-26-20(29)13-27(22(26)30)11-14-4-6-16(7-5-14)17-8-9-19-21(18(17)10-23)24-25-28(19)12-15-2-3-15/h4-9,15H,2-3,11-13H2,1H3. The Morgan fingerprint density at radius 2 is 1.90 bits per heavy atom. The SMILES string of the molecule is CN1C(=O)CN(Cc2ccc(-c3ccc4c(nnn4CC4CC4)c3C#N)cc2)C1=O. The van der Waals surface area contributed by atoms with Gasteiger partial charge >= 0.3 is 6.03 Å². The van der Waals surface area contributed by atoms with Crippen LogP contribution < -0.4 is 0 Å². The Labute approximate surface area is 173 Å². The number of hydrogen-bond donors (Lipinski definition) is 0. The van der Waals surface area contributed by atoms with Crippen molar-refractivity contribution in [3.05, 3.63) is 47.5 Å². The van der Waals surface area contributed by atoms with Crippen molar-refractivity contribution in [3.8, 4) is 17.2 Å². The van der Waals surface area contributed by atoms with Crippen LogP contribution in [0.25, 0.3) is 22.2 Å². The van der Waals surface area contributed by atoms with Gasteiger partial charge in [-0.05, 0) is 36.0 Å². The smallest absolute Gasteiger partial charge is 0.311 e. The number of nitrogens with zero attached hydrogens (tertiary/aromatic N) is 6. The third kappa shape index (κ3) is 3.08. The zero-order valence-corrected chi connectivity index (χ0v) is 16.6. The summed E-state index contributed by atoms with van der Waals surface area (Å²) in [4.78, 5) is 26.4. The number of carbonyl (C=O) groups is 2. The lowest BCUT2D eigenvalue weighted by molar-refractivity contribution is -0.124. The third-order valence-electron chi connectivity index (χ3n) is 5.82. The minimum atomic E-state index is -0.282. The molecule has 1 aromatic heterocycles. The van der Waals surface area contributed by atoms with Gasteiger partial charge in [0.1, 0.15) is 18.1 Å². The molecule has 2 aromatic carbocycles. The van der Waals surface area contributed by atoms with Crippen LogP contribution in [-0.2, 0) is 17.9 Å². The van der Waals surface area contributed by atoms with Gasteiger partial charge in [-0.2, -0.15) is 5.26 Å². The number of likely N-dealkylation sites (N-methyl/N-ethyl adjacent to an activating group) is 1. The summed E-state index contributed by atoms with van der Waals surface area (Å²) in [6.45, 7) is 1.32. The lowest BCUT2D eigenvalue weighted by Gasteiger charge is -2.15. The molecule has 2 fully saturated rings. The van der Waals surface area contributed by atoms with Gasteiger partial charge in [0.2, 0.25) is 5.91 Å². The molecule has 0 bridgehead atoms. The van der Waals surface area contributed by atoms with Crippen molar-refractivity contribution in [2.45, 2.75) is 25.9 Å². The fraction of sp³-hybridized carbons (Fsp3) is 0.318. The number of urea groups is 1. The second-order valence-electron chi connectivity index (χ2n) is 7.97. The van der Waals surface area contributed by atoms with Gasteiger partial charge in [-0.25, -0.2) is 9.48 Å². The van der Waals surface area contributed by atoms with E-state index in [2.05, 4.69) is 16.4 Å². The van der Waals surface area contributed by atoms with Gasteiger partial charge in [0.15, 0.2) is 0 Å². The third-order valence-corrected chi connectivity index (χ3v) is 5.82. The van der Waals surface area contributed by atoms with Crippen molar-refractivity contribution in [2.75, 3.05) is 13.6 Å². The van der Waals surface area contributed by atoms with E-state index in [0.717, 1.165) is 33.7 Å². The van der Waals surface area contributed by atoms with Crippen LogP contribution in [0.1, 0.15) is 24.0 Å². The number of imide groups is 1. The maximum atomic E-state index is 12.1. The lowest BCUT2D eigenvalue weighted by atomic mass is 9.98. The fourth-order valence-corrected chi connectivity index (χ4v) is 3.86. The minimum absolute atomic E-state index is 0.100. The van der Waals surface area contributed by atoms with Gasteiger partial charge in [-0.1, -0.05) is 35.5 Å². The zero-order valence-electron chi connectivity index (χ0n) is 16.6. The average Bonchev–Trinajstić information content (AvgIpc) is 3.44. The van der Waals surface area contributed by atoms with E-state index in [9.17, 15) is 14.9 Å². The van der Waals surface area contributed by atoms with Gasteiger partial charge in [0, 0.05) is 25.7 Å². The van der Waals surface area contributed by atoms with Crippen LogP contribution in [0.15, 0.2) is 36.4 Å². The summed E-state index contributed by atoms with van der Waals surface area (Å²) in [6, 6.07) is 13.6. The molecule has 1 saturated carbocycles. The summed E-state index contributed by atoms with van der Waals surface area (Å²) < 4.78 is 1.89. The number of aromatic nitrogens is 3. The van der Waals surface area contributed by atoms with E-state index >= 15 is 0 Å². The van der Waals surface area contributed by atoms with Crippen LogP contribution >= 0.6 is 0 Å². The van der Waals surface area contributed by atoms with Crippen LogP contribution in [0.4, 0.5) is 4.79 Å². The fourth-order valence-electron chi connectivity index (χ4n) is 3.86. The summed E-state index contributed by atoms with van der Waals surface area (Å²) in [5, 5.41) is 18.3. The number of nitriles is 1. The van der Waals surface area contributed by atoms with Crippen molar-refractivity contribution in [2.24, 2.45) is 5.92 Å². The van der Waals surface area contributed by atoms with E-state index in [1.807, 2.05) is 41.1 Å². The van der Waals surface area contributed by atoms with Crippen LogP contribution in [0, 0.1) is 17.2 Å². The molecule has 0 unspecified atom stereocenters. The van der Waals surface area contributed by atoms with E-state index in [-0.39, 0.29) is 18.5 Å². The summed E-state index contributed by atoms with van der Waals surface area (Å²) in [5.74, 6) is 0.476. The number of benzene rings is 2. The molecule has 8 heteroatoms. The largest absolute Gasteiger partial charge is 0.327 e. The van der Waals surface area contributed by atoms with E-state index in [0.29, 0.717) is 23.5 Å². The van der Waals surface area contributed by atoms with Crippen LogP contribution in [0.3, 0.4) is 0 Å². The van der Waals surface area contributed by atoms with Gasteiger partial charge in [0.25, 0.3) is 0 Å². The maximum Gasteiger partial charge on any atom is 0.327 e. The average molecular weight is 400 g/mol. The number of hydrogen-bond acceptors (Lipinski definition) is 5. The van der Waals surface area contributed by atoms with E-state index < -0.39 is 0 Å². The highest BCUT2D eigenvalue weighted by molar-refractivity contribution is 6.01. The molecule has 1 aliphatic carbocycles. The first kappa shape index (κ1) is 18.3. The molecule has 0 N–H and O–H groups in total. The summed E-state index contributed by atoms with van der Waals surface area (Å²) in [6.07, 6.45) is 2.45. The maximum absolute atomic E-state index is 12.1. The van der Waals surface area contributed by atoms with E-state index in [1.54, 1.807) is 0 Å². The summed E-state index contributed by atoms with van der Waals surface area (Å²) >= 11 is 0. The van der Waals surface area contributed by atoms with Gasteiger partial charge in [-0.3, -0.25) is 9.69 Å². The van der Waals surface area contributed by atoms with E-state index in [1.165, 1.54) is 24.8 Å². The molecule has 1 saturated heterocycles. The van der Waals surface area contributed by atoms with Crippen molar-refractivity contribution >= 4 is 23.0 Å². The highest BCUT2D eigenvalue weighted by Gasteiger charge is 2.32. The van der Waals surface area contributed by atoms with Crippen molar-refractivity contribution < 1.29 is 9.59 Å². The first-order valence-corrected chi connectivity index (χ1v) is 9.96. The Hall–Kier alpha value is -3.73. The molecule has 0 spiro atoms. The number of carbonyl (C=O) groups excluding carboxylic acids is 2. The summed E-state index contributed by atoms with van der Waals surface area (Å²) in [7, 11) is 1.49. The molecule has 3 aromatic rings. The molecule has 150 valence electrons. The Morgan fingerprint density at radius 3 is 2.53 bits per heavy atom. The van der Waals surface area contributed by atoms with Gasteiger partial charge in [0.05, 0.1) is 11.1 Å². The Balaban J connectivity index is 1.42. The minimum Gasteiger partial charge on any atom is -0.311 e. The zero-order chi connectivity index (χ0) is 20.8. The van der Waals surface area contributed by atoms with Crippen LogP contribution in [-0.4, -0.2) is 50.3 Å². The van der Waals surface area contributed by atoms with Crippen molar-refractivity contribution in [1.82, 2.24) is 24.8 Å². The Kier molecular flexibility index (Phi) is 4.24. The Morgan fingerprint density at radius 1 is 1.13 bits per heavy atom. The molecular formula is C22H20N6O2. The normalized spacial score (nSPS) is 16.5. The molecule has 30 heavy (non-hydrogen) atoms. The molecule has 5 rings (SSSR count). The topological polar surface area (TPSA) is 95.1 Å². The number of amides is 3. The first-order chi connectivity index (χ1) is 14.5. The van der Waals surface area contributed by atoms with Crippen molar-refractivity contribution in [1.29, 1.82) is 5.26 Å². The monoisotopic (exact) mass is 400 g/mol. The lowest BCUT2D eigenvalue weighted by Crippen LogP contribution is -2.29. The van der Waals surface area contributed by atoms with Gasteiger partial charge in [-0.15, -0.1) is 5.10 Å². The first-order valence-electron chi connectivity index (χ1n) is 9.96. The quantitative estimate of drug-likeness (QED) is 0.614. The molecule has 8 nitrogen and oxygen atoms in total. The molecule has 1 aliphatic heterocycles. The molecular weight excluding hydrogens is 380 g/mol. The molecule has 3 amide bonds. The Bertz CT molecular complexity index is 1200. The second-order valence-corrected chi connectivity index (χ2v) is 7.97. The molecule has 2 aliphatic rings. The molecule has 0 atom stereocenters. The molecule has 0 radical (unpaired) electrons. The van der Waals surface area contributed by atoms with Crippen LogP contribution in [0.5, 0.6) is 0 Å². The second kappa shape index (κ2) is 6.95. The highest BCUT2D eigenvalue weighted by Crippen LogP contribution is 2.33. The predicted molar refractivity (Wildman–Crippen MR) is 109 cm³/mol. The number of fused-ring (bicyclic) bond motifs is 1. The summed E-state index contributed by atoms with van der Waals surface area (Å²) in [5.41, 5.74) is 4.66. The van der Waals surface area contributed by atoms with Gasteiger partial charge < -0.3 is 4.90 Å². The van der Waals surface area contributed by atoms with Crippen molar-refractivity contribution in [3.63, 3.8) is 0 Å². The number of rotatable bonds is 5. The van der Waals surface area contributed by atoms with Crippen LogP contribution in [0.2, 0.25) is 0 Å². The predicted octanol–water partition coefficient (Wildman–Crippen LogP) is 2.77. The molecule has 2 heterocycles. The highest BCUT2D eigenvalue weighted by atomic mass is 16.2. The van der Waals surface area contributed by atoms with E-state index in [4.69, 9.17) is 0 Å².